The Morgan fingerprint density at radius 1 is 1.47 bits per heavy atom. The standard InChI is InChI=1S/C10H10BrN3O/c1-2-12-10-13-9(14-15-10)7-4-3-5-8(11)6-7/h3-6H,2H2,1H3,(H,12,13,14). The SMILES string of the molecule is CCNc1nc(-c2cccc(Br)c2)no1. The van der Waals surface area contributed by atoms with Crippen LogP contribution in [-0.2, 0) is 0 Å². The summed E-state index contributed by atoms with van der Waals surface area (Å²) in [4.78, 5) is 4.20. The predicted octanol–water partition coefficient (Wildman–Crippen LogP) is 2.93. The number of anilines is 1. The fourth-order valence-corrected chi connectivity index (χ4v) is 1.59. The van der Waals surface area contributed by atoms with Crippen LogP contribution in [0.25, 0.3) is 11.4 Å². The number of nitrogens with one attached hydrogen (secondary N) is 1. The molecule has 0 aliphatic carbocycles. The first-order valence-corrected chi connectivity index (χ1v) is 5.42. The summed E-state index contributed by atoms with van der Waals surface area (Å²) in [5.41, 5.74) is 0.928. The Labute approximate surface area is 95.8 Å². The maximum Gasteiger partial charge on any atom is 0.321 e. The molecule has 0 aliphatic heterocycles. The van der Waals surface area contributed by atoms with Gasteiger partial charge in [0.1, 0.15) is 0 Å². The number of aromatic nitrogens is 2. The van der Waals surface area contributed by atoms with E-state index < -0.39 is 0 Å². The first-order chi connectivity index (χ1) is 7.29. The van der Waals surface area contributed by atoms with Crippen LogP contribution in [0.4, 0.5) is 6.01 Å². The predicted molar refractivity (Wildman–Crippen MR) is 61.6 cm³/mol. The Balaban J connectivity index is 2.29. The Morgan fingerprint density at radius 3 is 3.07 bits per heavy atom. The lowest BCUT2D eigenvalue weighted by Gasteiger charge is -1.94. The molecule has 1 heterocycles. The Kier molecular flexibility index (Phi) is 3.01. The number of hydrogen-bond donors (Lipinski definition) is 1. The van der Waals surface area contributed by atoms with E-state index in [0.29, 0.717) is 11.8 Å². The zero-order valence-corrected chi connectivity index (χ0v) is 9.78. The van der Waals surface area contributed by atoms with E-state index in [9.17, 15) is 0 Å². The third-order valence-corrected chi connectivity index (χ3v) is 2.33. The van der Waals surface area contributed by atoms with Gasteiger partial charge in [-0.15, -0.1) is 0 Å². The molecular weight excluding hydrogens is 258 g/mol. The van der Waals surface area contributed by atoms with Gasteiger partial charge in [0.2, 0.25) is 5.82 Å². The summed E-state index contributed by atoms with van der Waals surface area (Å²) >= 11 is 3.40. The monoisotopic (exact) mass is 267 g/mol. The quantitative estimate of drug-likeness (QED) is 0.929. The molecule has 1 aromatic heterocycles. The highest BCUT2D eigenvalue weighted by atomic mass is 79.9. The van der Waals surface area contributed by atoms with Crippen LogP contribution < -0.4 is 5.32 Å². The molecule has 0 atom stereocenters. The smallest absolute Gasteiger partial charge is 0.321 e. The van der Waals surface area contributed by atoms with Crippen molar-refractivity contribution < 1.29 is 4.52 Å². The normalized spacial score (nSPS) is 10.3. The lowest BCUT2D eigenvalue weighted by atomic mass is 10.2. The molecule has 5 heteroatoms. The van der Waals surface area contributed by atoms with E-state index >= 15 is 0 Å². The largest absolute Gasteiger partial charge is 0.338 e. The van der Waals surface area contributed by atoms with Crippen molar-refractivity contribution in [3.05, 3.63) is 28.7 Å². The summed E-state index contributed by atoms with van der Waals surface area (Å²) in [5, 5.41) is 6.84. The maximum atomic E-state index is 5.01. The highest BCUT2D eigenvalue weighted by molar-refractivity contribution is 9.10. The third-order valence-electron chi connectivity index (χ3n) is 1.84. The van der Waals surface area contributed by atoms with Crippen LogP contribution in [0.1, 0.15) is 6.92 Å². The van der Waals surface area contributed by atoms with Gasteiger partial charge in [0, 0.05) is 16.6 Å². The van der Waals surface area contributed by atoms with E-state index in [1.54, 1.807) is 0 Å². The molecule has 0 saturated heterocycles. The number of hydrogen-bond acceptors (Lipinski definition) is 4. The van der Waals surface area contributed by atoms with Crippen molar-refractivity contribution in [2.75, 3.05) is 11.9 Å². The van der Waals surface area contributed by atoms with Gasteiger partial charge < -0.3 is 9.84 Å². The van der Waals surface area contributed by atoms with Gasteiger partial charge in [0.05, 0.1) is 0 Å². The summed E-state index contributed by atoms with van der Waals surface area (Å²) in [6, 6.07) is 8.22. The molecule has 15 heavy (non-hydrogen) atoms. The van der Waals surface area contributed by atoms with E-state index in [2.05, 4.69) is 31.4 Å². The number of rotatable bonds is 3. The minimum Gasteiger partial charge on any atom is -0.338 e. The van der Waals surface area contributed by atoms with Crippen LogP contribution in [0.3, 0.4) is 0 Å². The molecular formula is C10H10BrN3O. The molecule has 2 rings (SSSR count). The molecule has 0 fully saturated rings. The lowest BCUT2D eigenvalue weighted by molar-refractivity contribution is 0.432. The van der Waals surface area contributed by atoms with Gasteiger partial charge in [-0.1, -0.05) is 33.2 Å². The fraction of sp³-hybridized carbons (Fsp3) is 0.200. The van der Waals surface area contributed by atoms with Crippen molar-refractivity contribution in [2.24, 2.45) is 0 Å². The highest BCUT2D eigenvalue weighted by Crippen LogP contribution is 2.21. The molecule has 78 valence electrons. The van der Waals surface area contributed by atoms with Crippen molar-refractivity contribution >= 4 is 21.9 Å². The maximum absolute atomic E-state index is 5.01. The van der Waals surface area contributed by atoms with E-state index in [0.717, 1.165) is 16.6 Å². The van der Waals surface area contributed by atoms with Crippen LogP contribution in [0.15, 0.2) is 33.3 Å². The molecule has 0 bridgehead atoms. The minimum atomic E-state index is 0.451. The Morgan fingerprint density at radius 2 is 2.33 bits per heavy atom. The molecule has 0 radical (unpaired) electrons. The highest BCUT2D eigenvalue weighted by Gasteiger charge is 2.07. The van der Waals surface area contributed by atoms with Crippen molar-refractivity contribution in [1.29, 1.82) is 0 Å². The van der Waals surface area contributed by atoms with E-state index in [1.165, 1.54) is 0 Å². The van der Waals surface area contributed by atoms with Gasteiger partial charge in [-0.2, -0.15) is 4.98 Å². The van der Waals surface area contributed by atoms with Crippen LogP contribution >= 0.6 is 15.9 Å². The number of nitrogens with zero attached hydrogens (tertiary/aromatic N) is 2. The minimum absolute atomic E-state index is 0.451. The van der Waals surface area contributed by atoms with Crippen LogP contribution in [0.5, 0.6) is 0 Å². The second-order valence-electron chi connectivity index (χ2n) is 2.96. The van der Waals surface area contributed by atoms with Crippen LogP contribution in [-0.4, -0.2) is 16.7 Å². The molecule has 2 aromatic rings. The first-order valence-electron chi connectivity index (χ1n) is 4.63. The topological polar surface area (TPSA) is 51.0 Å². The summed E-state index contributed by atoms with van der Waals surface area (Å²) in [6.45, 7) is 2.74. The van der Waals surface area contributed by atoms with Crippen molar-refractivity contribution in [2.45, 2.75) is 6.92 Å². The van der Waals surface area contributed by atoms with Gasteiger partial charge in [-0.3, -0.25) is 0 Å². The van der Waals surface area contributed by atoms with E-state index in [-0.39, 0.29) is 0 Å². The molecule has 0 amide bonds. The van der Waals surface area contributed by atoms with Crippen molar-refractivity contribution in [1.82, 2.24) is 10.1 Å². The zero-order valence-electron chi connectivity index (χ0n) is 8.20. The zero-order chi connectivity index (χ0) is 10.7. The summed E-state index contributed by atoms with van der Waals surface area (Å²) in [6.07, 6.45) is 0. The molecule has 4 nitrogen and oxygen atoms in total. The summed E-state index contributed by atoms with van der Waals surface area (Å²) < 4.78 is 6.01. The summed E-state index contributed by atoms with van der Waals surface area (Å²) in [5.74, 6) is 0.590. The fourth-order valence-electron chi connectivity index (χ4n) is 1.19. The molecule has 1 N–H and O–H groups in total. The van der Waals surface area contributed by atoms with Gasteiger partial charge in [0.15, 0.2) is 0 Å². The molecule has 0 spiro atoms. The molecule has 0 aliphatic rings. The van der Waals surface area contributed by atoms with E-state index in [4.69, 9.17) is 4.52 Å². The van der Waals surface area contributed by atoms with Gasteiger partial charge in [0.25, 0.3) is 0 Å². The average Bonchev–Trinajstić information content (AvgIpc) is 2.67. The Hall–Kier alpha value is -1.36. The second-order valence-corrected chi connectivity index (χ2v) is 3.88. The molecule has 0 unspecified atom stereocenters. The molecule has 1 aromatic carbocycles. The average molecular weight is 268 g/mol. The number of halogens is 1. The second kappa shape index (κ2) is 4.44. The van der Waals surface area contributed by atoms with Crippen LogP contribution in [0.2, 0.25) is 0 Å². The van der Waals surface area contributed by atoms with Crippen molar-refractivity contribution in [3.8, 4) is 11.4 Å². The van der Waals surface area contributed by atoms with E-state index in [1.807, 2.05) is 31.2 Å². The van der Waals surface area contributed by atoms with Gasteiger partial charge >= 0.3 is 6.01 Å². The van der Waals surface area contributed by atoms with Crippen molar-refractivity contribution in [3.63, 3.8) is 0 Å². The lowest BCUT2D eigenvalue weighted by Crippen LogP contribution is -1.95. The summed E-state index contributed by atoms with van der Waals surface area (Å²) in [7, 11) is 0. The first kappa shape index (κ1) is 10.2. The van der Waals surface area contributed by atoms with Crippen LogP contribution in [0, 0.1) is 0 Å². The van der Waals surface area contributed by atoms with Gasteiger partial charge in [-0.05, 0) is 19.1 Å². The third kappa shape index (κ3) is 2.36. The van der Waals surface area contributed by atoms with Gasteiger partial charge in [-0.25, -0.2) is 0 Å². The molecule has 0 saturated carbocycles. The Bertz CT molecular complexity index is 455. The number of benzene rings is 1.